The molecule has 2 atom stereocenters. The van der Waals surface area contributed by atoms with Gasteiger partial charge < -0.3 is 14.6 Å². The zero-order valence-electron chi connectivity index (χ0n) is 8.37. The van der Waals surface area contributed by atoms with Crippen molar-refractivity contribution in [2.24, 2.45) is 0 Å². The molecule has 1 saturated heterocycles. The number of rotatable bonds is 5. The smallest absolute Gasteiger partial charge is 0.107 e. The Balaban J connectivity index is 2.05. The van der Waals surface area contributed by atoms with E-state index in [4.69, 9.17) is 9.47 Å². The second-order valence-corrected chi connectivity index (χ2v) is 3.55. The molecular formula is C10H20O3. The Morgan fingerprint density at radius 1 is 1.46 bits per heavy atom. The number of aliphatic hydroxyl groups is 1. The summed E-state index contributed by atoms with van der Waals surface area (Å²) in [5, 5.41) is 9.52. The van der Waals surface area contributed by atoms with E-state index in [9.17, 15) is 5.11 Å². The van der Waals surface area contributed by atoms with E-state index in [0.29, 0.717) is 19.6 Å². The molecule has 0 radical (unpaired) electrons. The molecule has 3 nitrogen and oxygen atoms in total. The Morgan fingerprint density at radius 3 is 3.00 bits per heavy atom. The lowest BCUT2D eigenvalue weighted by Crippen LogP contribution is -2.38. The molecule has 13 heavy (non-hydrogen) atoms. The Bertz CT molecular complexity index is 127. The van der Waals surface area contributed by atoms with Crippen LogP contribution in [0.5, 0.6) is 0 Å². The summed E-state index contributed by atoms with van der Waals surface area (Å²) in [6.45, 7) is 4.13. The minimum Gasteiger partial charge on any atom is -0.390 e. The fourth-order valence-electron chi connectivity index (χ4n) is 1.45. The third kappa shape index (κ3) is 4.07. The van der Waals surface area contributed by atoms with Crippen LogP contribution in [0, 0.1) is 0 Å². The molecule has 78 valence electrons. The van der Waals surface area contributed by atoms with Gasteiger partial charge in [-0.1, -0.05) is 19.8 Å². The highest BCUT2D eigenvalue weighted by molar-refractivity contribution is 4.72. The molecule has 0 bridgehead atoms. The lowest BCUT2D eigenvalue weighted by molar-refractivity contribution is -0.117. The largest absolute Gasteiger partial charge is 0.390 e. The third-order valence-corrected chi connectivity index (χ3v) is 2.35. The highest BCUT2D eigenvalue weighted by atomic mass is 16.5. The second kappa shape index (κ2) is 6.35. The molecule has 0 aliphatic carbocycles. The molecule has 0 aromatic rings. The zero-order valence-corrected chi connectivity index (χ0v) is 8.37. The monoisotopic (exact) mass is 188 g/mol. The van der Waals surface area contributed by atoms with E-state index >= 15 is 0 Å². The van der Waals surface area contributed by atoms with Gasteiger partial charge in [0.2, 0.25) is 0 Å². The van der Waals surface area contributed by atoms with Crippen LogP contribution in [-0.2, 0) is 9.47 Å². The Morgan fingerprint density at radius 2 is 2.31 bits per heavy atom. The summed E-state index contributed by atoms with van der Waals surface area (Å²) in [5.41, 5.74) is 0. The summed E-state index contributed by atoms with van der Waals surface area (Å²) in [6, 6.07) is 0. The molecule has 3 heteroatoms. The van der Waals surface area contributed by atoms with Gasteiger partial charge in [-0.05, 0) is 12.8 Å². The van der Waals surface area contributed by atoms with E-state index in [-0.39, 0.29) is 12.2 Å². The molecular weight excluding hydrogens is 168 g/mol. The van der Waals surface area contributed by atoms with E-state index in [0.717, 1.165) is 13.0 Å². The predicted octanol–water partition coefficient (Wildman–Crippen LogP) is 1.34. The van der Waals surface area contributed by atoms with Gasteiger partial charge in [-0.3, -0.25) is 0 Å². The third-order valence-electron chi connectivity index (χ3n) is 2.35. The maximum Gasteiger partial charge on any atom is 0.107 e. The molecule has 0 spiro atoms. The summed E-state index contributed by atoms with van der Waals surface area (Å²) in [6.07, 6.45) is 3.77. The van der Waals surface area contributed by atoms with Gasteiger partial charge in [-0.2, -0.15) is 0 Å². The minimum atomic E-state index is -0.324. The van der Waals surface area contributed by atoms with Gasteiger partial charge >= 0.3 is 0 Å². The normalized spacial score (nSPS) is 29.1. The molecule has 0 amide bonds. The first-order chi connectivity index (χ1) is 6.34. The van der Waals surface area contributed by atoms with Crippen molar-refractivity contribution in [1.82, 2.24) is 0 Å². The van der Waals surface area contributed by atoms with Crippen molar-refractivity contribution in [3.8, 4) is 0 Å². The van der Waals surface area contributed by atoms with Crippen molar-refractivity contribution in [3.05, 3.63) is 0 Å². The summed E-state index contributed by atoms with van der Waals surface area (Å²) in [4.78, 5) is 0. The van der Waals surface area contributed by atoms with Crippen molar-refractivity contribution in [3.63, 3.8) is 0 Å². The molecule has 0 saturated carbocycles. The lowest BCUT2D eigenvalue weighted by Gasteiger charge is -2.27. The SMILES string of the molecule is CCCCCOC1COCCC1O. The lowest BCUT2D eigenvalue weighted by atomic mass is 10.1. The van der Waals surface area contributed by atoms with Crippen LogP contribution in [0.2, 0.25) is 0 Å². The summed E-state index contributed by atoms with van der Waals surface area (Å²) < 4.78 is 10.7. The van der Waals surface area contributed by atoms with Crippen LogP contribution >= 0.6 is 0 Å². The van der Waals surface area contributed by atoms with Gasteiger partial charge in [-0.15, -0.1) is 0 Å². The van der Waals surface area contributed by atoms with Crippen LogP contribution in [0.4, 0.5) is 0 Å². The van der Waals surface area contributed by atoms with Crippen LogP contribution in [-0.4, -0.2) is 37.1 Å². The van der Waals surface area contributed by atoms with Crippen molar-refractivity contribution < 1.29 is 14.6 Å². The second-order valence-electron chi connectivity index (χ2n) is 3.55. The number of hydrogen-bond donors (Lipinski definition) is 1. The van der Waals surface area contributed by atoms with E-state index in [2.05, 4.69) is 6.92 Å². The van der Waals surface area contributed by atoms with E-state index in [1.165, 1.54) is 12.8 Å². The summed E-state index contributed by atoms with van der Waals surface area (Å²) in [7, 11) is 0. The molecule has 1 N–H and O–H groups in total. The fraction of sp³-hybridized carbons (Fsp3) is 1.00. The Hall–Kier alpha value is -0.120. The highest BCUT2D eigenvalue weighted by Gasteiger charge is 2.23. The number of aliphatic hydroxyl groups excluding tert-OH is 1. The van der Waals surface area contributed by atoms with Gasteiger partial charge in [0.15, 0.2) is 0 Å². The van der Waals surface area contributed by atoms with Crippen molar-refractivity contribution in [2.75, 3.05) is 19.8 Å². The standard InChI is InChI=1S/C10H20O3/c1-2-3-4-6-13-10-8-12-7-5-9(10)11/h9-11H,2-8H2,1H3. The number of unbranched alkanes of at least 4 members (excludes halogenated alkanes) is 2. The average Bonchev–Trinajstić information content (AvgIpc) is 2.15. The molecule has 1 fully saturated rings. The first kappa shape index (κ1) is 11.0. The van der Waals surface area contributed by atoms with Gasteiger partial charge in [-0.25, -0.2) is 0 Å². The van der Waals surface area contributed by atoms with Crippen LogP contribution < -0.4 is 0 Å². The van der Waals surface area contributed by atoms with Crippen LogP contribution in [0.25, 0.3) is 0 Å². The summed E-state index contributed by atoms with van der Waals surface area (Å²) >= 11 is 0. The first-order valence-electron chi connectivity index (χ1n) is 5.22. The average molecular weight is 188 g/mol. The van der Waals surface area contributed by atoms with Crippen molar-refractivity contribution in [1.29, 1.82) is 0 Å². The van der Waals surface area contributed by atoms with Crippen molar-refractivity contribution >= 4 is 0 Å². The molecule has 1 rings (SSSR count). The van der Waals surface area contributed by atoms with Crippen molar-refractivity contribution in [2.45, 2.75) is 44.8 Å². The highest BCUT2D eigenvalue weighted by Crippen LogP contribution is 2.11. The summed E-state index contributed by atoms with van der Waals surface area (Å²) in [5.74, 6) is 0. The quantitative estimate of drug-likeness (QED) is 0.662. The maximum atomic E-state index is 9.52. The zero-order chi connectivity index (χ0) is 9.52. The van der Waals surface area contributed by atoms with E-state index in [1.807, 2.05) is 0 Å². The van der Waals surface area contributed by atoms with E-state index in [1.54, 1.807) is 0 Å². The van der Waals surface area contributed by atoms with Crippen LogP contribution in [0.3, 0.4) is 0 Å². The molecule has 0 aromatic carbocycles. The first-order valence-corrected chi connectivity index (χ1v) is 5.22. The Kier molecular flexibility index (Phi) is 5.35. The van der Waals surface area contributed by atoms with Gasteiger partial charge in [0.1, 0.15) is 6.10 Å². The minimum absolute atomic E-state index is 0.0920. The fourth-order valence-corrected chi connectivity index (χ4v) is 1.45. The van der Waals surface area contributed by atoms with Gasteiger partial charge in [0, 0.05) is 13.2 Å². The topological polar surface area (TPSA) is 38.7 Å². The molecule has 1 aliphatic rings. The maximum absolute atomic E-state index is 9.52. The predicted molar refractivity (Wildman–Crippen MR) is 50.7 cm³/mol. The number of hydrogen-bond acceptors (Lipinski definition) is 3. The van der Waals surface area contributed by atoms with E-state index < -0.39 is 0 Å². The van der Waals surface area contributed by atoms with Crippen LogP contribution in [0.15, 0.2) is 0 Å². The number of ether oxygens (including phenoxy) is 2. The van der Waals surface area contributed by atoms with Crippen LogP contribution in [0.1, 0.15) is 32.6 Å². The molecule has 2 unspecified atom stereocenters. The molecule has 0 aromatic heterocycles. The molecule has 1 heterocycles. The molecule has 1 aliphatic heterocycles. The van der Waals surface area contributed by atoms with Gasteiger partial charge in [0.05, 0.1) is 12.7 Å². The van der Waals surface area contributed by atoms with Gasteiger partial charge in [0.25, 0.3) is 0 Å². The Labute approximate surface area is 80.0 Å².